The smallest absolute Gasteiger partial charge is 0.271 e. The number of halogens is 3. The summed E-state index contributed by atoms with van der Waals surface area (Å²) in [5, 5.41) is 24.0. The van der Waals surface area contributed by atoms with Crippen molar-refractivity contribution in [2.45, 2.75) is 25.5 Å². The Labute approximate surface area is 142 Å². The molecule has 0 saturated carbocycles. The molecule has 0 aromatic heterocycles. The molecular formula is C16H15ClF2N2O3. The van der Waals surface area contributed by atoms with Crippen LogP contribution in [0.5, 0.6) is 0 Å². The number of aliphatic hydroxyl groups is 1. The fraction of sp³-hybridized carbons (Fsp3) is 0.250. The highest BCUT2D eigenvalue weighted by molar-refractivity contribution is 6.33. The van der Waals surface area contributed by atoms with Crippen molar-refractivity contribution in [2.24, 2.45) is 0 Å². The third-order valence-corrected chi connectivity index (χ3v) is 3.93. The van der Waals surface area contributed by atoms with Crippen LogP contribution in [0.2, 0.25) is 5.02 Å². The number of nitro groups is 1. The van der Waals surface area contributed by atoms with Crippen molar-refractivity contribution in [2.75, 3.05) is 5.32 Å². The van der Waals surface area contributed by atoms with Gasteiger partial charge in [0.05, 0.1) is 27.2 Å². The van der Waals surface area contributed by atoms with Gasteiger partial charge in [0.1, 0.15) is 17.7 Å². The van der Waals surface area contributed by atoms with Crippen LogP contribution in [0.4, 0.5) is 20.2 Å². The van der Waals surface area contributed by atoms with E-state index >= 15 is 0 Å². The summed E-state index contributed by atoms with van der Waals surface area (Å²) < 4.78 is 27.7. The van der Waals surface area contributed by atoms with Gasteiger partial charge in [-0.05, 0) is 24.6 Å². The zero-order chi connectivity index (χ0) is 17.9. The van der Waals surface area contributed by atoms with Gasteiger partial charge in [0, 0.05) is 12.1 Å². The van der Waals surface area contributed by atoms with Crippen molar-refractivity contribution in [3.63, 3.8) is 0 Å². The fourth-order valence-electron chi connectivity index (χ4n) is 2.33. The number of nitrogens with zero attached hydrogens (tertiary/aromatic N) is 1. The van der Waals surface area contributed by atoms with Gasteiger partial charge in [0.15, 0.2) is 0 Å². The Hall–Kier alpha value is -2.25. The maximum Gasteiger partial charge on any atom is 0.271 e. The summed E-state index contributed by atoms with van der Waals surface area (Å²) in [5.41, 5.74) is -0.293. The number of nitro benzene ring substituents is 1. The van der Waals surface area contributed by atoms with Crippen molar-refractivity contribution in [3.05, 3.63) is 68.7 Å². The lowest BCUT2D eigenvalue weighted by Gasteiger charge is -2.25. The third-order valence-electron chi connectivity index (χ3n) is 3.62. The van der Waals surface area contributed by atoms with Crippen LogP contribution in [-0.2, 0) is 0 Å². The Morgan fingerprint density at radius 2 is 1.92 bits per heavy atom. The molecule has 0 amide bonds. The van der Waals surface area contributed by atoms with E-state index in [9.17, 15) is 24.0 Å². The summed E-state index contributed by atoms with van der Waals surface area (Å²) >= 11 is 5.99. The fourth-order valence-corrected chi connectivity index (χ4v) is 2.56. The number of hydrogen-bond acceptors (Lipinski definition) is 4. The summed E-state index contributed by atoms with van der Waals surface area (Å²) in [7, 11) is 0. The van der Waals surface area contributed by atoms with E-state index in [-0.39, 0.29) is 10.7 Å². The molecular weight excluding hydrogens is 342 g/mol. The number of anilines is 1. The first-order valence-corrected chi connectivity index (χ1v) is 7.55. The second-order valence-corrected chi connectivity index (χ2v) is 5.57. The molecule has 24 heavy (non-hydrogen) atoms. The summed E-state index contributed by atoms with van der Waals surface area (Å²) in [5.74, 6) is -1.70. The predicted octanol–water partition coefficient (Wildman–Crippen LogP) is 4.45. The molecule has 0 aliphatic rings. The van der Waals surface area contributed by atoms with Crippen molar-refractivity contribution < 1.29 is 18.8 Å². The first-order chi connectivity index (χ1) is 11.3. The molecule has 0 aliphatic heterocycles. The standard InChI is InChI=1S/C16H15ClF2N2O3/c1-2-13(16(22)15-11(18)4-3-5-12(15)19)20-14-7-6-9(21(23)24)8-10(14)17/h3-8,13,16,20,22H,2H2,1H3/t13-,16-/m0/s1. The van der Waals surface area contributed by atoms with Crippen LogP contribution in [0.3, 0.4) is 0 Å². The highest BCUT2D eigenvalue weighted by Gasteiger charge is 2.26. The van der Waals surface area contributed by atoms with E-state index in [0.717, 1.165) is 18.2 Å². The summed E-state index contributed by atoms with van der Waals surface area (Å²) in [6, 6.07) is 6.38. The van der Waals surface area contributed by atoms with Crippen LogP contribution in [-0.4, -0.2) is 16.1 Å². The number of hydrogen-bond donors (Lipinski definition) is 2. The summed E-state index contributed by atoms with van der Waals surface area (Å²) in [6.45, 7) is 1.72. The largest absolute Gasteiger partial charge is 0.386 e. The maximum atomic E-state index is 13.8. The zero-order valence-electron chi connectivity index (χ0n) is 12.7. The molecule has 2 N–H and O–H groups in total. The molecule has 0 bridgehead atoms. The number of rotatable bonds is 6. The minimum atomic E-state index is -1.46. The summed E-state index contributed by atoms with van der Waals surface area (Å²) in [4.78, 5) is 10.1. The van der Waals surface area contributed by atoms with Crippen molar-refractivity contribution >= 4 is 23.0 Å². The number of benzene rings is 2. The highest BCUT2D eigenvalue weighted by atomic mass is 35.5. The van der Waals surface area contributed by atoms with Crippen molar-refractivity contribution in [1.29, 1.82) is 0 Å². The SMILES string of the molecule is CC[C@H](Nc1ccc([N+](=O)[O-])cc1Cl)[C@H](O)c1c(F)cccc1F. The lowest BCUT2D eigenvalue weighted by atomic mass is 9.99. The topological polar surface area (TPSA) is 75.4 Å². The number of nitrogens with one attached hydrogen (secondary N) is 1. The van der Waals surface area contributed by atoms with Crippen LogP contribution < -0.4 is 5.32 Å². The van der Waals surface area contributed by atoms with E-state index in [2.05, 4.69) is 5.32 Å². The van der Waals surface area contributed by atoms with Gasteiger partial charge in [0.2, 0.25) is 0 Å². The average molecular weight is 357 g/mol. The van der Waals surface area contributed by atoms with E-state index in [1.54, 1.807) is 6.92 Å². The van der Waals surface area contributed by atoms with Crippen molar-refractivity contribution in [1.82, 2.24) is 0 Å². The number of non-ortho nitro benzene ring substituents is 1. The van der Waals surface area contributed by atoms with Gasteiger partial charge in [-0.3, -0.25) is 10.1 Å². The van der Waals surface area contributed by atoms with Crippen LogP contribution in [0.25, 0.3) is 0 Å². The van der Waals surface area contributed by atoms with E-state index in [0.29, 0.717) is 12.1 Å². The molecule has 0 heterocycles. The van der Waals surface area contributed by atoms with Gasteiger partial charge in [-0.25, -0.2) is 8.78 Å². The van der Waals surface area contributed by atoms with Crippen LogP contribution in [0.1, 0.15) is 25.0 Å². The zero-order valence-corrected chi connectivity index (χ0v) is 13.4. The maximum absolute atomic E-state index is 13.8. The quantitative estimate of drug-likeness (QED) is 0.592. The first kappa shape index (κ1) is 18.1. The molecule has 0 spiro atoms. The molecule has 5 nitrogen and oxygen atoms in total. The van der Waals surface area contributed by atoms with Crippen LogP contribution >= 0.6 is 11.6 Å². The molecule has 0 radical (unpaired) electrons. The molecule has 0 aliphatic carbocycles. The van der Waals surface area contributed by atoms with E-state index in [1.165, 1.54) is 18.2 Å². The molecule has 0 saturated heterocycles. The van der Waals surface area contributed by atoms with Crippen LogP contribution in [0, 0.1) is 21.7 Å². The highest BCUT2D eigenvalue weighted by Crippen LogP contribution is 2.31. The molecule has 0 unspecified atom stereocenters. The minimum Gasteiger partial charge on any atom is -0.386 e. The normalized spacial score (nSPS) is 13.4. The van der Waals surface area contributed by atoms with Crippen molar-refractivity contribution in [3.8, 4) is 0 Å². The van der Waals surface area contributed by atoms with Gasteiger partial charge in [-0.1, -0.05) is 24.6 Å². The van der Waals surface area contributed by atoms with Gasteiger partial charge in [0.25, 0.3) is 5.69 Å². The Balaban J connectivity index is 2.28. The minimum absolute atomic E-state index is 0.0730. The predicted molar refractivity (Wildman–Crippen MR) is 87.1 cm³/mol. The van der Waals surface area contributed by atoms with Crippen LogP contribution in [0.15, 0.2) is 36.4 Å². The lowest BCUT2D eigenvalue weighted by molar-refractivity contribution is -0.384. The lowest BCUT2D eigenvalue weighted by Crippen LogP contribution is -2.28. The monoisotopic (exact) mass is 356 g/mol. The number of aliphatic hydroxyl groups excluding tert-OH is 1. The average Bonchev–Trinajstić information content (AvgIpc) is 2.53. The first-order valence-electron chi connectivity index (χ1n) is 7.17. The second kappa shape index (κ2) is 7.55. The Morgan fingerprint density at radius 1 is 1.29 bits per heavy atom. The van der Waals surface area contributed by atoms with Gasteiger partial charge in [-0.2, -0.15) is 0 Å². The Kier molecular flexibility index (Phi) is 5.69. The molecule has 2 aromatic carbocycles. The van der Waals surface area contributed by atoms with Gasteiger partial charge in [-0.15, -0.1) is 0 Å². The van der Waals surface area contributed by atoms with E-state index < -0.39 is 34.3 Å². The molecule has 0 fully saturated rings. The molecule has 2 atom stereocenters. The Bertz CT molecular complexity index is 738. The van der Waals surface area contributed by atoms with E-state index in [1.807, 2.05) is 0 Å². The van der Waals surface area contributed by atoms with Gasteiger partial charge >= 0.3 is 0 Å². The third kappa shape index (κ3) is 3.80. The summed E-state index contributed by atoms with van der Waals surface area (Å²) in [6.07, 6.45) is -1.12. The molecule has 128 valence electrons. The van der Waals surface area contributed by atoms with E-state index in [4.69, 9.17) is 11.6 Å². The molecule has 2 rings (SSSR count). The molecule has 2 aromatic rings. The second-order valence-electron chi connectivity index (χ2n) is 5.16. The van der Waals surface area contributed by atoms with Gasteiger partial charge < -0.3 is 10.4 Å². The molecule has 8 heteroatoms. The Morgan fingerprint density at radius 3 is 2.42 bits per heavy atom.